The van der Waals surface area contributed by atoms with Crippen molar-refractivity contribution < 1.29 is 9.90 Å². The third-order valence-electron chi connectivity index (χ3n) is 2.92. The molecule has 0 aromatic heterocycles. The second-order valence-electron chi connectivity index (χ2n) is 4.03. The van der Waals surface area contributed by atoms with E-state index in [0.29, 0.717) is 0 Å². The van der Waals surface area contributed by atoms with Crippen LogP contribution in [0.2, 0.25) is 0 Å². The second-order valence-corrected chi connectivity index (χ2v) is 4.03. The van der Waals surface area contributed by atoms with Crippen LogP contribution >= 0.6 is 0 Å². The Balaban J connectivity index is 2.44. The summed E-state index contributed by atoms with van der Waals surface area (Å²) in [6, 6.07) is -0.427. The fourth-order valence-electron chi connectivity index (χ4n) is 1.74. The van der Waals surface area contributed by atoms with E-state index in [1.54, 1.807) is 7.05 Å². The summed E-state index contributed by atoms with van der Waals surface area (Å²) in [6.07, 6.45) is 2.15. The average Bonchev–Trinajstić information content (AvgIpc) is 2.20. The Labute approximate surface area is 85.3 Å². The Kier molecular flexibility index (Phi) is 4.35. The van der Waals surface area contributed by atoms with Crippen LogP contribution < -0.4 is 5.32 Å². The number of nitrogens with zero attached hydrogens (tertiary/aromatic N) is 1. The van der Waals surface area contributed by atoms with Gasteiger partial charge in [-0.15, -0.1) is 0 Å². The Hall–Kier alpha value is -0.610. The van der Waals surface area contributed by atoms with Gasteiger partial charge in [0.05, 0.1) is 6.61 Å². The van der Waals surface area contributed by atoms with Crippen LogP contribution in [0.4, 0.5) is 0 Å². The molecule has 1 heterocycles. The zero-order valence-electron chi connectivity index (χ0n) is 8.99. The van der Waals surface area contributed by atoms with E-state index in [1.807, 2.05) is 4.90 Å². The summed E-state index contributed by atoms with van der Waals surface area (Å²) in [7, 11) is 1.70. The van der Waals surface area contributed by atoms with Gasteiger partial charge in [-0.1, -0.05) is 6.92 Å². The van der Waals surface area contributed by atoms with Gasteiger partial charge in [0.2, 0.25) is 5.91 Å². The Morgan fingerprint density at radius 2 is 2.14 bits per heavy atom. The van der Waals surface area contributed by atoms with Crippen molar-refractivity contribution in [2.45, 2.75) is 25.8 Å². The van der Waals surface area contributed by atoms with Crippen molar-refractivity contribution in [2.24, 2.45) is 5.92 Å². The summed E-state index contributed by atoms with van der Waals surface area (Å²) in [5, 5.41) is 11.8. The highest BCUT2D eigenvalue weighted by atomic mass is 16.3. The SMILES string of the molecule is CN[C@@H](CO)C(=O)N1CCC(C)CC1. The number of hydrogen-bond acceptors (Lipinski definition) is 3. The maximum Gasteiger partial charge on any atom is 0.242 e. The van der Waals surface area contributed by atoms with E-state index in [-0.39, 0.29) is 12.5 Å². The molecule has 4 heteroatoms. The van der Waals surface area contributed by atoms with Crippen molar-refractivity contribution >= 4 is 5.91 Å². The summed E-state index contributed by atoms with van der Waals surface area (Å²) in [6.45, 7) is 3.75. The van der Waals surface area contributed by atoms with Crippen molar-refractivity contribution in [3.8, 4) is 0 Å². The smallest absolute Gasteiger partial charge is 0.242 e. The molecule has 1 rings (SSSR count). The lowest BCUT2D eigenvalue weighted by molar-refractivity contribution is -0.135. The molecule has 0 radical (unpaired) electrons. The molecule has 2 N–H and O–H groups in total. The third kappa shape index (κ3) is 2.69. The van der Waals surface area contributed by atoms with Gasteiger partial charge in [0, 0.05) is 13.1 Å². The lowest BCUT2D eigenvalue weighted by atomic mass is 9.99. The molecule has 1 aliphatic heterocycles. The van der Waals surface area contributed by atoms with Gasteiger partial charge in [0.1, 0.15) is 6.04 Å². The van der Waals surface area contributed by atoms with Crippen LogP contribution in [-0.4, -0.2) is 48.7 Å². The number of aliphatic hydroxyl groups excluding tert-OH is 1. The molecule has 4 nitrogen and oxygen atoms in total. The second kappa shape index (κ2) is 5.32. The van der Waals surface area contributed by atoms with Crippen LogP contribution in [0.5, 0.6) is 0 Å². The molecule has 14 heavy (non-hydrogen) atoms. The summed E-state index contributed by atoms with van der Waals surface area (Å²) in [5.74, 6) is 0.753. The Morgan fingerprint density at radius 1 is 1.57 bits per heavy atom. The molecule has 0 aliphatic carbocycles. The van der Waals surface area contributed by atoms with Crippen LogP contribution in [-0.2, 0) is 4.79 Å². The minimum Gasteiger partial charge on any atom is -0.394 e. The van der Waals surface area contributed by atoms with Crippen molar-refractivity contribution in [1.82, 2.24) is 10.2 Å². The normalized spacial score (nSPS) is 20.9. The van der Waals surface area contributed by atoms with Crippen molar-refractivity contribution in [2.75, 3.05) is 26.7 Å². The molecular weight excluding hydrogens is 180 g/mol. The maximum absolute atomic E-state index is 11.8. The van der Waals surface area contributed by atoms with E-state index in [0.717, 1.165) is 31.8 Å². The summed E-state index contributed by atoms with van der Waals surface area (Å²) in [4.78, 5) is 13.6. The summed E-state index contributed by atoms with van der Waals surface area (Å²) < 4.78 is 0. The zero-order chi connectivity index (χ0) is 10.6. The summed E-state index contributed by atoms with van der Waals surface area (Å²) in [5.41, 5.74) is 0. The molecule has 0 aromatic rings. The van der Waals surface area contributed by atoms with Gasteiger partial charge < -0.3 is 15.3 Å². The number of piperidine rings is 1. The van der Waals surface area contributed by atoms with E-state index in [4.69, 9.17) is 5.11 Å². The first-order chi connectivity index (χ1) is 6.69. The monoisotopic (exact) mass is 200 g/mol. The van der Waals surface area contributed by atoms with Crippen molar-refractivity contribution in [1.29, 1.82) is 0 Å². The number of amides is 1. The molecule has 82 valence electrons. The molecule has 1 fully saturated rings. The molecule has 1 atom stereocenters. The van der Waals surface area contributed by atoms with E-state index in [1.165, 1.54) is 0 Å². The predicted molar refractivity (Wildman–Crippen MR) is 54.9 cm³/mol. The topological polar surface area (TPSA) is 52.6 Å². The number of rotatable bonds is 3. The molecule has 0 bridgehead atoms. The highest BCUT2D eigenvalue weighted by Gasteiger charge is 2.25. The lowest BCUT2D eigenvalue weighted by Crippen LogP contribution is -2.49. The molecule has 0 aromatic carbocycles. The van der Waals surface area contributed by atoms with Crippen molar-refractivity contribution in [3.05, 3.63) is 0 Å². The quantitative estimate of drug-likeness (QED) is 0.665. The Bertz CT molecular complexity index is 185. The highest BCUT2D eigenvalue weighted by Crippen LogP contribution is 2.16. The minimum atomic E-state index is -0.427. The first kappa shape index (κ1) is 11.5. The van der Waals surface area contributed by atoms with Crippen molar-refractivity contribution in [3.63, 3.8) is 0 Å². The summed E-state index contributed by atoms with van der Waals surface area (Å²) >= 11 is 0. The first-order valence-corrected chi connectivity index (χ1v) is 5.26. The van der Waals surface area contributed by atoms with E-state index in [2.05, 4.69) is 12.2 Å². The lowest BCUT2D eigenvalue weighted by Gasteiger charge is -2.32. The molecule has 0 saturated carbocycles. The molecule has 1 aliphatic rings. The number of carbonyl (C=O) groups excluding carboxylic acids is 1. The Morgan fingerprint density at radius 3 is 2.57 bits per heavy atom. The van der Waals surface area contributed by atoms with Gasteiger partial charge in [-0.05, 0) is 25.8 Å². The number of nitrogens with one attached hydrogen (secondary N) is 1. The largest absolute Gasteiger partial charge is 0.394 e. The fourth-order valence-corrected chi connectivity index (χ4v) is 1.74. The molecule has 1 amide bonds. The number of likely N-dealkylation sites (N-methyl/N-ethyl adjacent to an activating group) is 1. The van der Waals surface area contributed by atoms with E-state index >= 15 is 0 Å². The van der Waals surface area contributed by atoms with Crippen LogP contribution in [0, 0.1) is 5.92 Å². The van der Waals surface area contributed by atoms with E-state index < -0.39 is 6.04 Å². The highest BCUT2D eigenvalue weighted by molar-refractivity contribution is 5.82. The van der Waals surface area contributed by atoms with Crippen LogP contribution in [0.3, 0.4) is 0 Å². The van der Waals surface area contributed by atoms with Crippen LogP contribution in [0.25, 0.3) is 0 Å². The number of likely N-dealkylation sites (tertiary alicyclic amines) is 1. The molecule has 0 spiro atoms. The van der Waals surface area contributed by atoms with Crippen LogP contribution in [0.1, 0.15) is 19.8 Å². The third-order valence-corrected chi connectivity index (χ3v) is 2.92. The molecular formula is C10H20N2O2. The van der Waals surface area contributed by atoms with Gasteiger partial charge in [-0.25, -0.2) is 0 Å². The number of hydrogen-bond donors (Lipinski definition) is 2. The predicted octanol–water partition coefficient (Wildman–Crippen LogP) is -0.175. The minimum absolute atomic E-state index is 0.0295. The van der Waals surface area contributed by atoms with Crippen LogP contribution in [0.15, 0.2) is 0 Å². The van der Waals surface area contributed by atoms with Gasteiger partial charge in [0.15, 0.2) is 0 Å². The molecule has 0 unspecified atom stereocenters. The molecule has 1 saturated heterocycles. The first-order valence-electron chi connectivity index (χ1n) is 5.26. The average molecular weight is 200 g/mol. The maximum atomic E-state index is 11.8. The van der Waals surface area contributed by atoms with Gasteiger partial charge in [0.25, 0.3) is 0 Å². The zero-order valence-corrected chi connectivity index (χ0v) is 8.99. The van der Waals surface area contributed by atoms with Gasteiger partial charge in [-0.2, -0.15) is 0 Å². The number of aliphatic hydroxyl groups is 1. The van der Waals surface area contributed by atoms with E-state index in [9.17, 15) is 4.79 Å². The van der Waals surface area contributed by atoms with Gasteiger partial charge in [-0.3, -0.25) is 4.79 Å². The van der Waals surface area contributed by atoms with Gasteiger partial charge >= 0.3 is 0 Å². The fraction of sp³-hybridized carbons (Fsp3) is 0.900. The number of carbonyl (C=O) groups is 1. The standard InChI is InChI=1S/C10H20N2O2/c1-8-3-5-12(6-4-8)10(14)9(7-13)11-2/h8-9,11,13H,3-7H2,1-2H3/t9-/m0/s1.